The molecule has 4 rings (SSSR count). The number of nitrogens with zero attached hydrogens (tertiary/aromatic N) is 6. The first-order chi connectivity index (χ1) is 15.5. The molecule has 0 aliphatic heterocycles. The Morgan fingerprint density at radius 1 is 1.03 bits per heavy atom. The number of rotatable bonds is 7. The maximum atomic E-state index is 13.4. The Morgan fingerprint density at radius 2 is 1.84 bits per heavy atom. The zero-order valence-electron chi connectivity index (χ0n) is 18.3. The number of anilines is 1. The number of pyridine rings is 1. The van der Waals surface area contributed by atoms with Crippen LogP contribution in [0.3, 0.4) is 0 Å². The number of aryl methyl sites for hydroxylation is 1. The van der Waals surface area contributed by atoms with Gasteiger partial charge in [-0.05, 0) is 24.6 Å². The van der Waals surface area contributed by atoms with Gasteiger partial charge in [-0.3, -0.25) is 9.78 Å². The first-order valence-electron chi connectivity index (χ1n) is 10.2. The van der Waals surface area contributed by atoms with Gasteiger partial charge in [0, 0.05) is 45.3 Å². The molecule has 32 heavy (non-hydrogen) atoms. The minimum absolute atomic E-state index is 0.133. The van der Waals surface area contributed by atoms with Crippen molar-refractivity contribution in [2.45, 2.75) is 20.0 Å². The van der Waals surface area contributed by atoms with E-state index in [-0.39, 0.29) is 12.5 Å². The van der Waals surface area contributed by atoms with E-state index in [1.807, 2.05) is 62.3 Å². The van der Waals surface area contributed by atoms with E-state index in [1.54, 1.807) is 35.6 Å². The first kappa shape index (κ1) is 21.2. The van der Waals surface area contributed by atoms with Crippen LogP contribution in [0, 0.1) is 6.92 Å². The summed E-state index contributed by atoms with van der Waals surface area (Å²) >= 11 is 0. The highest BCUT2D eigenvalue weighted by Crippen LogP contribution is 2.26. The SMILES string of the molecule is Cc1cc(-c2cnc(N(C)C)nc2CN(Cc2ccccc2)C(=O)c2cccnc2)on1. The molecule has 8 heteroatoms. The molecule has 0 spiro atoms. The van der Waals surface area contributed by atoms with E-state index in [0.717, 1.165) is 11.3 Å². The van der Waals surface area contributed by atoms with E-state index < -0.39 is 0 Å². The summed E-state index contributed by atoms with van der Waals surface area (Å²) in [6.07, 6.45) is 4.94. The van der Waals surface area contributed by atoms with Gasteiger partial charge >= 0.3 is 0 Å². The van der Waals surface area contributed by atoms with Gasteiger partial charge in [0.05, 0.1) is 29.1 Å². The molecule has 8 nitrogen and oxygen atoms in total. The van der Waals surface area contributed by atoms with E-state index >= 15 is 0 Å². The Kier molecular flexibility index (Phi) is 6.21. The van der Waals surface area contributed by atoms with Crippen molar-refractivity contribution >= 4 is 11.9 Å². The van der Waals surface area contributed by atoms with Crippen molar-refractivity contribution < 1.29 is 9.32 Å². The van der Waals surface area contributed by atoms with Crippen molar-refractivity contribution in [3.8, 4) is 11.3 Å². The highest BCUT2D eigenvalue weighted by atomic mass is 16.5. The predicted molar refractivity (Wildman–Crippen MR) is 121 cm³/mol. The van der Waals surface area contributed by atoms with Crippen LogP contribution in [0.25, 0.3) is 11.3 Å². The van der Waals surface area contributed by atoms with Gasteiger partial charge in [0.15, 0.2) is 5.76 Å². The fraction of sp³-hybridized carbons (Fsp3) is 0.208. The largest absolute Gasteiger partial charge is 0.356 e. The van der Waals surface area contributed by atoms with Crippen LogP contribution in [0.15, 0.2) is 71.6 Å². The maximum absolute atomic E-state index is 13.4. The van der Waals surface area contributed by atoms with E-state index in [4.69, 9.17) is 9.51 Å². The molecular formula is C24H24N6O2. The molecule has 0 saturated carbocycles. The Hall–Kier alpha value is -4.07. The molecule has 0 saturated heterocycles. The molecule has 0 aliphatic carbocycles. The summed E-state index contributed by atoms with van der Waals surface area (Å²) in [5.74, 6) is 0.983. The Balaban J connectivity index is 1.75. The summed E-state index contributed by atoms with van der Waals surface area (Å²) < 4.78 is 5.48. The number of hydrogen-bond donors (Lipinski definition) is 0. The van der Waals surface area contributed by atoms with Crippen LogP contribution < -0.4 is 4.90 Å². The van der Waals surface area contributed by atoms with Gasteiger partial charge in [0.1, 0.15) is 0 Å². The van der Waals surface area contributed by atoms with Crippen molar-refractivity contribution in [1.29, 1.82) is 0 Å². The first-order valence-corrected chi connectivity index (χ1v) is 10.2. The second kappa shape index (κ2) is 9.38. The van der Waals surface area contributed by atoms with Crippen LogP contribution >= 0.6 is 0 Å². The topological polar surface area (TPSA) is 88.3 Å². The third-order valence-corrected chi connectivity index (χ3v) is 4.90. The number of hydrogen-bond acceptors (Lipinski definition) is 7. The number of benzene rings is 1. The molecule has 0 atom stereocenters. The van der Waals surface area contributed by atoms with Crippen molar-refractivity contribution in [3.05, 3.63) is 89.6 Å². The van der Waals surface area contributed by atoms with Gasteiger partial charge in [-0.2, -0.15) is 0 Å². The van der Waals surface area contributed by atoms with Crippen LogP contribution in [0.2, 0.25) is 0 Å². The monoisotopic (exact) mass is 428 g/mol. The standard InChI is InChI=1S/C24H24N6O2/c1-17-12-22(32-28-17)20-14-26-24(29(2)3)27-21(20)16-30(15-18-8-5-4-6-9-18)23(31)19-10-7-11-25-13-19/h4-14H,15-16H2,1-3H3. The van der Waals surface area contributed by atoms with E-state index in [2.05, 4.69) is 15.1 Å². The number of carbonyl (C=O) groups excluding carboxylic acids is 1. The minimum atomic E-state index is -0.133. The highest BCUT2D eigenvalue weighted by molar-refractivity contribution is 5.93. The summed E-state index contributed by atoms with van der Waals surface area (Å²) in [6.45, 7) is 2.54. The fourth-order valence-electron chi connectivity index (χ4n) is 3.29. The number of amides is 1. The molecule has 4 aromatic rings. The molecule has 0 fully saturated rings. The third kappa shape index (κ3) is 4.80. The predicted octanol–water partition coefficient (Wildman–Crippen LogP) is 3.74. The molecule has 1 aromatic carbocycles. The lowest BCUT2D eigenvalue weighted by atomic mass is 10.1. The van der Waals surface area contributed by atoms with Crippen LogP contribution in [-0.2, 0) is 13.1 Å². The highest BCUT2D eigenvalue weighted by Gasteiger charge is 2.22. The Labute approximate surface area is 186 Å². The fourth-order valence-corrected chi connectivity index (χ4v) is 3.29. The van der Waals surface area contributed by atoms with Crippen molar-refractivity contribution in [1.82, 2.24) is 25.0 Å². The Morgan fingerprint density at radius 3 is 2.50 bits per heavy atom. The lowest BCUT2D eigenvalue weighted by molar-refractivity contribution is 0.0727. The van der Waals surface area contributed by atoms with Gasteiger partial charge in [-0.25, -0.2) is 9.97 Å². The molecule has 0 bridgehead atoms. The molecular weight excluding hydrogens is 404 g/mol. The lowest BCUT2D eigenvalue weighted by Crippen LogP contribution is -2.31. The summed E-state index contributed by atoms with van der Waals surface area (Å²) in [4.78, 5) is 30.3. The second-order valence-corrected chi connectivity index (χ2v) is 7.65. The van der Waals surface area contributed by atoms with Crippen molar-refractivity contribution in [3.63, 3.8) is 0 Å². The lowest BCUT2D eigenvalue weighted by Gasteiger charge is -2.24. The molecule has 0 unspecified atom stereocenters. The van der Waals surface area contributed by atoms with Crippen molar-refractivity contribution in [2.75, 3.05) is 19.0 Å². The summed E-state index contributed by atoms with van der Waals surface area (Å²) in [5.41, 5.74) is 3.67. The summed E-state index contributed by atoms with van der Waals surface area (Å²) in [5, 5.41) is 3.99. The van der Waals surface area contributed by atoms with E-state index in [1.165, 1.54) is 0 Å². The molecule has 1 amide bonds. The zero-order valence-corrected chi connectivity index (χ0v) is 18.3. The van der Waals surface area contributed by atoms with Crippen molar-refractivity contribution in [2.24, 2.45) is 0 Å². The summed E-state index contributed by atoms with van der Waals surface area (Å²) in [6, 6.07) is 15.2. The van der Waals surface area contributed by atoms with E-state index in [9.17, 15) is 4.79 Å². The van der Waals surface area contributed by atoms with Gasteiger partial charge < -0.3 is 14.3 Å². The van der Waals surface area contributed by atoms with Gasteiger partial charge in [0.2, 0.25) is 5.95 Å². The quantitative estimate of drug-likeness (QED) is 0.443. The average Bonchev–Trinajstić information content (AvgIpc) is 3.25. The van der Waals surface area contributed by atoms with Gasteiger partial charge in [-0.15, -0.1) is 0 Å². The Bertz CT molecular complexity index is 1190. The van der Waals surface area contributed by atoms with Gasteiger partial charge in [0.25, 0.3) is 5.91 Å². The van der Waals surface area contributed by atoms with Crippen LogP contribution in [0.5, 0.6) is 0 Å². The molecule has 0 N–H and O–H groups in total. The smallest absolute Gasteiger partial charge is 0.256 e. The third-order valence-electron chi connectivity index (χ3n) is 4.90. The summed E-state index contributed by atoms with van der Waals surface area (Å²) in [7, 11) is 3.75. The normalized spacial score (nSPS) is 10.7. The average molecular weight is 428 g/mol. The molecule has 3 heterocycles. The molecule has 0 radical (unpaired) electrons. The molecule has 162 valence electrons. The zero-order chi connectivity index (χ0) is 22.5. The van der Waals surface area contributed by atoms with Crippen LogP contribution in [0.1, 0.15) is 27.3 Å². The molecule has 0 aliphatic rings. The number of aromatic nitrogens is 4. The van der Waals surface area contributed by atoms with Crippen LogP contribution in [0.4, 0.5) is 5.95 Å². The molecule has 3 aromatic heterocycles. The minimum Gasteiger partial charge on any atom is -0.356 e. The maximum Gasteiger partial charge on any atom is 0.256 e. The number of carbonyl (C=O) groups is 1. The van der Waals surface area contributed by atoms with Gasteiger partial charge in [-0.1, -0.05) is 35.5 Å². The van der Waals surface area contributed by atoms with E-state index in [0.29, 0.717) is 35.1 Å². The second-order valence-electron chi connectivity index (χ2n) is 7.65. The van der Waals surface area contributed by atoms with Crippen LogP contribution in [-0.4, -0.2) is 45.0 Å².